The first-order valence-electron chi connectivity index (χ1n) is 10.1. The van der Waals surface area contributed by atoms with Crippen LogP contribution in [0.3, 0.4) is 0 Å². The Morgan fingerprint density at radius 2 is 1.88 bits per heavy atom. The number of para-hydroxylation sites is 1. The van der Waals surface area contributed by atoms with Crippen molar-refractivity contribution in [2.45, 2.75) is 64.6 Å². The minimum Gasteiger partial charge on any atom is -0.344 e. The SMILES string of the molecule is Cc1c(C)n(CCC(=O)N2CCCC[C@H]3[C@@H]2CCN3C)c2ccccc12. The number of benzene rings is 1. The van der Waals surface area contributed by atoms with E-state index in [4.69, 9.17) is 0 Å². The summed E-state index contributed by atoms with van der Waals surface area (Å²) in [6.07, 6.45) is 5.38. The lowest BCUT2D eigenvalue weighted by Gasteiger charge is -2.32. The first-order chi connectivity index (χ1) is 12.6. The summed E-state index contributed by atoms with van der Waals surface area (Å²) in [6, 6.07) is 9.54. The summed E-state index contributed by atoms with van der Waals surface area (Å²) in [7, 11) is 2.22. The lowest BCUT2D eigenvalue weighted by Crippen LogP contribution is -2.46. The van der Waals surface area contributed by atoms with E-state index in [2.05, 4.69) is 59.5 Å². The van der Waals surface area contributed by atoms with Crippen LogP contribution in [0.15, 0.2) is 24.3 Å². The number of hydrogen-bond acceptors (Lipinski definition) is 2. The van der Waals surface area contributed by atoms with E-state index in [-0.39, 0.29) is 0 Å². The average Bonchev–Trinajstić information content (AvgIpc) is 3.02. The smallest absolute Gasteiger partial charge is 0.224 e. The summed E-state index contributed by atoms with van der Waals surface area (Å²) in [5, 5.41) is 1.31. The van der Waals surface area contributed by atoms with Crippen molar-refractivity contribution in [3.05, 3.63) is 35.5 Å². The Kier molecular flexibility index (Phi) is 4.78. The Balaban J connectivity index is 1.51. The first kappa shape index (κ1) is 17.6. The van der Waals surface area contributed by atoms with Gasteiger partial charge in [0.2, 0.25) is 5.91 Å². The Morgan fingerprint density at radius 3 is 2.73 bits per heavy atom. The summed E-state index contributed by atoms with van der Waals surface area (Å²) >= 11 is 0. The van der Waals surface area contributed by atoms with E-state index >= 15 is 0 Å². The molecule has 0 N–H and O–H groups in total. The van der Waals surface area contributed by atoms with Gasteiger partial charge in [0.25, 0.3) is 0 Å². The third-order valence-corrected chi connectivity index (χ3v) is 6.75. The van der Waals surface area contributed by atoms with Crippen molar-refractivity contribution in [1.29, 1.82) is 0 Å². The van der Waals surface area contributed by atoms with Crippen LogP contribution in [0.25, 0.3) is 10.9 Å². The fraction of sp³-hybridized carbons (Fsp3) is 0.591. The van der Waals surface area contributed by atoms with E-state index in [0.29, 0.717) is 24.4 Å². The topological polar surface area (TPSA) is 28.5 Å². The van der Waals surface area contributed by atoms with Crippen LogP contribution < -0.4 is 0 Å². The number of likely N-dealkylation sites (tertiary alicyclic amines) is 2. The molecule has 2 fully saturated rings. The molecule has 26 heavy (non-hydrogen) atoms. The van der Waals surface area contributed by atoms with Gasteiger partial charge in [-0.1, -0.05) is 24.6 Å². The van der Waals surface area contributed by atoms with Crippen LogP contribution in [0.1, 0.15) is 43.4 Å². The molecular formula is C22H31N3O. The summed E-state index contributed by atoms with van der Waals surface area (Å²) in [5.41, 5.74) is 3.87. The van der Waals surface area contributed by atoms with Crippen molar-refractivity contribution in [2.24, 2.45) is 0 Å². The number of likely N-dealkylation sites (N-methyl/N-ethyl adjacent to an activating group) is 1. The van der Waals surface area contributed by atoms with E-state index in [0.717, 1.165) is 32.5 Å². The zero-order chi connectivity index (χ0) is 18.3. The molecule has 2 aliphatic heterocycles. The number of aromatic nitrogens is 1. The molecule has 140 valence electrons. The van der Waals surface area contributed by atoms with Gasteiger partial charge in [0, 0.05) is 54.7 Å². The van der Waals surface area contributed by atoms with Crippen LogP contribution in [0.4, 0.5) is 0 Å². The predicted molar refractivity (Wildman–Crippen MR) is 106 cm³/mol. The summed E-state index contributed by atoms with van der Waals surface area (Å²) in [4.78, 5) is 17.8. The molecule has 4 rings (SSSR count). The second-order valence-electron chi connectivity index (χ2n) is 8.12. The molecule has 0 spiro atoms. The van der Waals surface area contributed by atoms with Gasteiger partial charge in [0.1, 0.15) is 0 Å². The lowest BCUT2D eigenvalue weighted by atomic mass is 10.0. The van der Waals surface area contributed by atoms with Gasteiger partial charge in [-0.25, -0.2) is 0 Å². The molecule has 0 bridgehead atoms. The van der Waals surface area contributed by atoms with Gasteiger partial charge in [-0.05, 0) is 51.8 Å². The van der Waals surface area contributed by atoms with Gasteiger partial charge < -0.3 is 14.4 Å². The van der Waals surface area contributed by atoms with Crippen molar-refractivity contribution in [3.8, 4) is 0 Å². The van der Waals surface area contributed by atoms with Crippen LogP contribution in [0, 0.1) is 13.8 Å². The molecule has 1 aromatic carbocycles. The molecule has 0 unspecified atom stereocenters. The molecule has 1 amide bonds. The van der Waals surface area contributed by atoms with Crippen molar-refractivity contribution < 1.29 is 4.79 Å². The Bertz CT molecular complexity index is 809. The van der Waals surface area contributed by atoms with Crippen molar-refractivity contribution in [1.82, 2.24) is 14.4 Å². The number of hydrogen-bond donors (Lipinski definition) is 0. The lowest BCUT2D eigenvalue weighted by molar-refractivity contribution is -0.134. The Morgan fingerprint density at radius 1 is 1.08 bits per heavy atom. The number of carbonyl (C=O) groups excluding carboxylic acids is 1. The molecule has 1 aromatic heterocycles. The summed E-state index contributed by atoms with van der Waals surface area (Å²) in [6.45, 7) is 7.21. The number of aryl methyl sites for hydroxylation is 2. The number of fused-ring (bicyclic) bond motifs is 2. The summed E-state index contributed by atoms with van der Waals surface area (Å²) < 4.78 is 2.33. The van der Waals surface area contributed by atoms with E-state index in [1.54, 1.807) is 0 Å². The molecule has 0 radical (unpaired) electrons. The molecule has 2 atom stereocenters. The maximum atomic E-state index is 13.1. The van der Waals surface area contributed by atoms with Crippen molar-refractivity contribution in [3.63, 3.8) is 0 Å². The quantitative estimate of drug-likeness (QED) is 0.841. The van der Waals surface area contributed by atoms with Gasteiger partial charge in [0.05, 0.1) is 0 Å². The zero-order valence-corrected chi connectivity index (χ0v) is 16.4. The largest absolute Gasteiger partial charge is 0.344 e. The van der Waals surface area contributed by atoms with Crippen LogP contribution >= 0.6 is 0 Å². The second kappa shape index (κ2) is 7.07. The maximum absolute atomic E-state index is 13.1. The predicted octanol–water partition coefficient (Wildman–Crippen LogP) is 3.73. The standard InChI is InChI=1S/C22H31N3O/c1-16-17(2)24(19-9-5-4-8-18(16)19)15-12-22(26)25-13-7-6-10-20-21(25)11-14-23(20)3/h4-5,8-9,20-21H,6-7,10-15H2,1-3H3/t20-,21-/m0/s1. The zero-order valence-electron chi connectivity index (χ0n) is 16.4. The van der Waals surface area contributed by atoms with E-state index < -0.39 is 0 Å². The van der Waals surface area contributed by atoms with Crippen molar-refractivity contribution in [2.75, 3.05) is 20.1 Å². The van der Waals surface area contributed by atoms with E-state index in [1.165, 1.54) is 35.0 Å². The molecule has 3 heterocycles. The van der Waals surface area contributed by atoms with Crippen molar-refractivity contribution >= 4 is 16.8 Å². The number of nitrogens with zero attached hydrogens (tertiary/aromatic N) is 3. The van der Waals surface area contributed by atoms with Gasteiger partial charge in [-0.3, -0.25) is 4.79 Å². The fourth-order valence-electron chi connectivity index (χ4n) is 5.12. The van der Waals surface area contributed by atoms with Crippen LogP contribution in [-0.2, 0) is 11.3 Å². The highest BCUT2D eigenvalue weighted by Gasteiger charge is 2.38. The van der Waals surface area contributed by atoms with Crippen LogP contribution in [0.2, 0.25) is 0 Å². The monoisotopic (exact) mass is 353 g/mol. The Labute approximate surface area is 156 Å². The average molecular weight is 354 g/mol. The van der Waals surface area contributed by atoms with Gasteiger partial charge in [-0.15, -0.1) is 0 Å². The van der Waals surface area contributed by atoms with Gasteiger partial charge in [0.15, 0.2) is 0 Å². The number of carbonyl (C=O) groups is 1. The molecule has 0 aliphatic carbocycles. The number of rotatable bonds is 3. The molecular weight excluding hydrogens is 322 g/mol. The maximum Gasteiger partial charge on any atom is 0.224 e. The summed E-state index contributed by atoms with van der Waals surface area (Å²) in [5.74, 6) is 0.340. The second-order valence-corrected chi connectivity index (χ2v) is 8.12. The van der Waals surface area contributed by atoms with Gasteiger partial charge in [-0.2, -0.15) is 0 Å². The molecule has 4 heteroatoms. The first-order valence-corrected chi connectivity index (χ1v) is 10.1. The van der Waals surface area contributed by atoms with E-state index in [9.17, 15) is 4.79 Å². The highest BCUT2D eigenvalue weighted by atomic mass is 16.2. The molecule has 0 saturated carbocycles. The highest BCUT2D eigenvalue weighted by Crippen LogP contribution is 2.30. The van der Waals surface area contributed by atoms with Crippen LogP contribution in [-0.4, -0.2) is 52.5 Å². The molecule has 2 saturated heterocycles. The third-order valence-electron chi connectivity index (χ3n) is 6.75. The molecule has 2 aromatic rings. The minimum atomic E-state index is 0.340. The molecule has 2 aliphatic rings. The fourth-order valence-corrected chi connectivity index (χ4v) is 5.12. The Hall–Kier alpha value is -1.81. The highest BCUT2D eigenvalue weighted by molar-refractivity contribution is 5.85. The normalized spacial score (nSPS) is 24.0. The van der Waals surface area contributed by atoms with Crippen LogP contribution in [0.5, 0.6) is 0 Å². The minimum absolute atomic E-state index is 0.340. The molecule has 4 nitrogen and oxygen atoms in total. The van der Waals surface area contributed by atoms with Gasteiger partial charge >= 0.3 is 0 Å². The van der Waals surface area contributed by atoms with E-state index in [1.807, 2.05) is 0 Å². The third kappa shape index (κ3) is 2.94. The number of amides is 1.